The van der Waals surface area contributed by atoms with E-state index in [0.29, 0.717) is 17.3 Å². The number of imidazole rings is 1. The molecule has 6 heteroatoms. The molecule has 4 aromatic rings. The third kappa shape index (κ3) is 2.67. The van der Waals surface area contributed by atoms with Gasteiger partial charge < -0.3 is 10.3 Å². The van der Waals surface area contributed by atoms with Crippen molar-refractivity contribution in [3.05, 3.63) is 53.3 Å². The maximum atomic E-state index is 9.29. The lowest BCUT2D eigenvalue weighted by Gasteiger charge is -2.23. The van der Waals surface area contributed by atoms with Gasteiger partial charge in [-0.2, -0.15) is 10.4 Å². The van der Waals surface area contributed by atoms with Gasteiger partial charge in [-0.15, -0.1) is 0 Å². The van der Waals surface area contributed by atoms with Crippen molar-refractivity contribution >= 4 is 16.6 Å². The predicted molar refractivity (Wildman–Crippen MR) is 109 cm³/mol. The summed E-state index contributed by atoms with van der Waals surface area (Å²) in [6, 6.07) is 12.9. The van der Waals surface area contributed by atoms with Gasteiger partial charge in [-0.3, -0.25) is 0 Å². The molecule has 6 nitrogen and oxygen atoms in total. The van der Waals surface area contributed by atoms with E-state index >= 15 is 0 Å². The molecule has 0 radical (unpaired) electrons. The van der Waals surface area contributed by atoms with Crippen molar-refractivity contribution in [1.29, 1.82) is 5.26 Å². The van der Waals surface area contributed by atoms with Gasteiger partial charge in [0.2, 0.25) is 0 Å². The summed E-state index contributed by atoms with van der Waals surface area (Å²) >= 11 is 0. The third-order valence-corrected chi connectivity index (χ3v) is 5.83. The van der Waals surface area contributed by atoms with Crippen LogP contribution in [0.4, 0.5) is 0 Å². The van der Waals surface area contributed by atoms with E-state index in [1.165, 1.54) is 29.4 Å². The molecule has 1 fully saturated rings. The van der Waals surface area contributed by atoms with Crippen molar-refractivity contribution in [3.8, 4) is 17.5 Å². The number of nitrogens with one attached hydrogen (secondary N) is 2. The highest BCUT2D eigenvalue weighted by molar-refractivity contribution is 5.90. The molecule has 3 aromatic heterocycles. The van der Waals surface area contributed by atoms with E-state index < -0.39 is 0 Å². The molecular formula is C22H22N6. The van der Waals surface area contributed by atoms with Crippen LogP contribution in [0.25, 0.3) is 27.9 Å². The summed E-state index contributed by atoms with van der Waals surface area (Å²) in [4.78, 5) is 7.80. The number of benzene rings is 1. The van der Waals surface area contributed by atoms with Crippen molar-refractivity contribution in [3.63, 3.8) is 0 Å². The zero-order valence-electron chi connectivity index (χ0n) is 15.9. The number of aromatic amines is 1. The number of aromatic nitrogens is 4. The zero-order chi connectivity index (χ0) is 19.1. The average Bonchev–Trinajstić information content (AvgIpc) is 3.34. The Morgan fingerprint density at radius 3 is 2.86 bits per heavy atom. The summed E-state index contributed by atoms with van der Waals surface area (Å²) in [6.07, 6.45) is 4.86. The van der Waals surface area contributed by atoms with E-state index in [1.54, 1.807) is 10.7 Å². The molecule has 0 atom stereocenters. The number of H-pyrrole nitrogens is 1. The minimum Gasteiger partial charge on any atom is -0.353 e. The summed E-state index contributed by atoms with van der Waals surface area (Å²) in [5.74, 6) is 0.632. The highest BCUT2D eigenvalue weighted by Gasteiger charge is 2.19. The number of fused-ring (bicyclic) bond motifs is 2. The maximum absolute atomic E-state index is 9.29. The van der Waals surface area contributed by atoms with Gasteiger partial charge in [0.1, 0.15) is 11.8 Å². The van der Waals surface area contributed by atoms with Crippen LogP contribution in [0.5, 0.6) is 0 Å². The smallest absolute Gasteiger partial charge is 0.162 e. The van der Waals surface area contributed by atoms with Gasteiger partial charge in [0, 0.05) is 10.9 Å². The van der Waals surface area contributed by atoms with Gasteiger partial charge in [-0.1, -0.05) is 13.0 Å². The summed E-state index contributed by atoms with van der Waals surface area (Å²) in [5, 5.41) is 18.7. The molecule has 1 aliphatic rings. The van der Waals surface area contributed by atoms with Crippen LogP contribution in [0.1, 0.15) is 42.5 Å². The molecule has 0 amide bonds. The van der Waals surface area contributed by atoms with Crippen molar-refractivity contribution in [2.45, 2.75) is 32.1 Å². The van der Waals surface area contributed by atoms with Gasteiger partial charge in [0.25, 0.3) is 0 Å². The second kappa shape index (κ2) is 6.77. The molecule has 1 aromatic carbocycles. The summed E-state index contributed by atoms with van der Waals surface area (Å²) in [7, 11) is 0. The van der Waals surface area contributed by atoms with Crippen LogP contribution >= 0.6 is 0 Å². The second-order valence-corrected chi connectivity index (χ2v) is 7.41. The molecule has 0 saturated carbocycles. The van der Waals surface area contributed by atoms with Gasteiger partial charge in [-0.25, -0.2) is 9.50 Å². The molecule has 1 aliphatic heterocycles. The average molecular weight is 370 g/mol. The number of piperidine rings is 1. The number of nitriles is 1. The predicted octanol–water partition coefficient (Wildman–Crippen LogP) is 3.78. The van der Waals surface area contributed by atoms with Crippen molar-refractivity contribution in [2.75, 3.05) is 13.1 Å². The van der Waals surface area contributed by atoms with Crippen LogP contribution in [0.2, 0.25) is 0 Å². The van der Waals surface area contributed by atoms with Gasteiger partial charge >= 0.3 is 0 Å². The Bertz CT molecular complexity index is 1200. The van der Waals surface area contributed by atoms with E-state index in [4.69, 9.17) is 0 Å². The van der Waals surface area contributed by atoms with Crippen LogP contribution in [-0.2, 0) is 6.42 Å². The zero-order valence-corrected chi connectivity index (χ0v) is 15.9. The first-order chi connectivity index (χ1) is 13.8. The van der Waals surface area contributed by atoms with E-state index in [0.717, 1.165) is 36.4 Å². The third-order valence-electron chi connectivity index (χ3n) is 5.83. The number of hydrogen-bond acceptors (Lipinski definition) is 4. The first-order valence-corrected chi connectivity index (χ1v) is 9.89. The van der Waals surface area contributed by atoms with E-state index in [2.05, 4.69) is 51.6 Å². The molecule has 5 rings (SSSR count). The quantitative estimate of drug-likeness (QED) is 0.575. The fraction of sp³-hybridized carbons (Fsp3) is 0.318. The maximum Gasteiger partial charge on any atom is 0.162 e. The van der Waals surface area contributed by atoms with E-state index in [-0.39, 0.29) is 0 Å². The van der Waals surface area contributed by atoms with Crippen LogP contribution in [-0.4, -0.2) is 32.7 Å². The summed E-state index contributed by atoms with van der Waals surface area (Å²) in [6.45, 7) is 4.37. The van der Waals surface area contributed by atoms with Crippen molar-refractivity contribution in [1.82, 2.24) is 24.9 Å². The second-order valence-electron chi connectivity index (χ2n) is 7.41. The van der Waals surface area contributed by atoms with Crippen molar-refractivity contribution < 1.29 is 0 Å². The number of nitrogens with zero attached hydrogens (tertiary/aromatic N) is 4. The number of aryl methyl sites for hydroxylation is 1. The summed E-state index contributed by atoms with van der Waals surface area (Å²) < 4.78 is 1.61. The van der Waals surface area contributed by atoms with Crippen LogP contribution in [0.15, 0.2) is 36.5 Å². The highest BCUT2D eigenvalue weighted by atomic mass is 15.3. The molecule has 0 spiro atoms. The Labute approximate surface area is 163 Å². The monoisotopic (exact) mass is 370 g/mol. The van der Waals surface area contributed by atoms with Crippen LogP contribution < -0.4 is 5.32 Å². The lowest BCUT2D eigenvalue weighted by atomic mass is 9.89. The fourth-order valence-corrected chi connectivity index (χ4v) is 4.34. The molecule has 28 heavy (non-hydrogen) atoms. The lowest BCUT2D eigenvalue weighted by molar-refractivity contribution is 0.460. The number of hydrogen-bond donors (Lipinski definition) is 2. The topological polar surface area (TPSA) is 81.8 Å². The van der Waals surface area contributed by atoms with Gasteiger partial charge in [-0.05, 0) is 73.7 Å². The Kier molecular flexibility index (Phi) is 4.10. The first kappa shape index (κ1) is 17.0. The highest BCUT2D eigenvalue weighted by Crippen LogP contribution is 2.34. The first-order valence-electron chi connectivity index (χ1n) is 9.89. The SMILES string of the molecule is CCc1c(-c2ccc3ncc(C#N)n3n2)[nH]c2ccc(C3CCNCC3)cc12. The molecule has 140 valence electrons. The molecular weight excluding hydrogens is 348 g/mol. The Morgan fingerprint density at radius 2 is 2.07 bits per heavy atom. The molecule has 0 aliphatic carbocycles. The van der Waals surface area contributed by atoms with Crippen LogP contribution in [0, 0.1) is 11.3 Å². The minimum absolute atomic E-state index is 0.444. The molecule has 0 unspecified atom stereocenters. The van der Waals surface area contributed by atoms with Crippen LogP contribution in [0.3, 0.4) is 0 Å². The molecule has 0 bridgehead atoms. The van der Waals surface area contributed by atoms with E-state index in [9.17, 15) is 5.26 Å². The Hall–Kier alpha value is -3.17. The molecule has 1 saturated heterocycles. The standard InChI is InChI=1S/C22H22N6/c1-2-17-18-11-15(14-7-9-24-10-8-14)3-4-19(18)26-22(17)20-5-6-21-25-13-16(12-23)28(21)27-20/h3-6,11,13-14,24,26H,2,7-10H2,1H3. The Balaban J connectivity index is 1.64. The summed E-state index contributed by atoms with van der Waals surface area (Å²) in [5.41, 5.74) is 6.83. The normalized spacial score (nSPS) is 15.3. The number of rotatable bonds is 3. The Morgan fingerprint density at radius 1 is 1.21 bits per heavy atom. The van der Waals surface area contributed by atoms with Gasteiger partial charge in [0.05, 0.1) is 11.9 Å². The van der Waals surface area contributed by atoms with Crippen molar-refractivity contribution in [2.24, 2.45) is 0 Å². The van der Waals surface area contributed by atoms with E-state index in [1.807, 2.05) is 12.1 Å². The largest absolute Gasteiger partial charge is 0.353 e. The minimum atomic E-state index is 0.444. The lowest BCUT2D eigenvalue weighted by Crippen LogP contribution is -2.26. The molecule has 2 N–H and O–H groups in total. The fourth-order valence-electron chi connectivity index (χ4n) is 4.34. The molecule has 4 heterocycles. The van der Waals surface area contributed by atoms with Gasteiger partial charge in [0.15, 0.2) is 11.3 Å².